The van der Waals surface area contributed by atoms with Crippen LogP contribution in [0.3, 0.4) is 0 Å². The smallest absolute Gasteiger partial charge is 0.293 e. The predicted molar refractivity (Wildman–Crippen MR) is 100 cm³/mol. The molecule has 0 aliphatic carbocycles. The molecule has 2 aliphatic rings. The number of thioether (sulfide) groups is 1. The van der Waals surface area contributed by atoms with Gasteiger partial charge in [0.15, 0.2) is 11.5 Å². The lowest BCUT2D eigenvalue weighted by Crippen LogP contribution is -2.27. The third-order valence-electron chi connectivity index (χ3n) is 4.08. The summed E-state index contributed by atoms with van der Waals surface area (Å²) < 4.78 is 10.6. The van der Waals surface area contributed by atoms with E-state index in [1.54, 1.807) is 42.5 Å². The first-order valence-corrected chi connectivity index (χ1v) is 9.08. The number of amides is 2. The quantitative estimate of drug-likeness (QED) is 0.721. The molecule has 0 unspecified atom stereocenters. The van der Waals surface area contributed by atoms with Gasteiger partial charge in [-0.1, -0.05) is 23.7 Å². The van der Waals surface area contributed by atoms with Gasteiger partial charge in [0.05, 0.1) is 23.1 Å². The molecule has 2 aliphatic heterocycles. The van der Waals surface area contributed by atoms with E-state index in [1.165, 1.54) is 0 Å². The highest BCUT2D eigenvalue weighted by molar-refractivity contribution is 8.18. The molecular formula is C19H11ClN2O4S. The average Bonchev–Trinajstić information content (AvgIpc) is 3.22. The van der Waals surface area contributed by atoms with Crippen molar-refractivity contribution in [3.05, 3.63) is 63.0 Å². The molecule has 6 nitrogen and oxygen atoms in total. The van der Waals surface area contributed by atoms with Crippen LogP contribution in [0.25, 0.3) is 6.08 Å². The van der Waals surface area contributed by atoms with Gasteiger partial charge in [0.2, 0.25) is 6.79 Å². The SMILES string of the molecule is N#Cc1ccc(/C=C2/SC(=O)N(Cc3cc4c(cc3Cl)OCO4)C2=O)cc1. The van der Waals surface area contributed by atoms with Crippen LogP contribution in [0.1, 0.15) is 16.7 Å². The van der Waals surface area contributed by atoms with Gasteiger partial charge in [-0.25, -0.2) is 0 Å². The highest BCUT2D eigenvalue weighted by Crippen LogP contribution is 2.39. The molecular weight excluding hydrogens is 388 g/mol. The number of ether oxygens (including phenoxy) is 2. The molecule has 134 valence electrons. The van der Waals surface area contributed by atoms with Crippen molar-refractivity contribution in [2.75, 3.05) is 6.79 Å². The number of hydrogen-bond acceptors (Lipinski definition) is 6. The predicted octanol–water partition coefficient (Wildman–Crippen LogP) is 4.18. The molecule has 2 heterocycles. The fourth-order valence-electron chi connectivity index (χ4n) is 2.69. The number of carbonyl (C=O) groups is 2. The maximum absolute atomic E-state index is 12.7. The number of halogens is 1. The number of benzene rings is 2. The number of imide groups is 1. The Balaban J connectivity index is 1.56. The van der Waals surface area contributed by atoms with E-state index in [2.05, 4.69) is 0 Å². The first kappa shape index (κ1) is 17.5. The molecule has 0 atom stereocenters. The van der Waals surface area contributed by atoms with Crippen LogP contribution in [0.4, 0.5) is 4.79 Å². The average molecular weight is 399 g/mol. The van der Waals surface area contributed by atoms with Crippen LogP contribution in [-0.2, 0) is 11.3 Å². The van der Waals surface area contributed by atoms with E-state index in [0.29, 0.717) is 32.6 Å². The first-order chi connectivity index (χ1) is 13.0. The first-order valence-electron chi connectivity index (χ1n) is 7.89. The number of rotatable bonds is 3. The maximum Gasteiger partial charge on any atom is 0.293 e. The van der Waals surface area contributed by atoms with Gasteiger partial charge in [0.25, 0.3) is 11.1 Å². The Morgan fingerprint density at radius 1 is 1.19 bits per heavy atom. The zero-order valence-corrected chi connectivity index (χ0v) is 15.3. The Morgan fingerprint density at radius 3 is 2.59 bits per heavy atom. The van der Waals surface area contributed by atoms with Crippen molar-refractivity contribution in [3.8, 4) is 17.6 Å². The van der Waals surface area contributed by atoms with Gasteiger partial charge in [-0.3, -0.25) is 14.5 Å². The standard InChI is InChI=1S/C19H11ClN2O4S/c20-14-7-16-15(25-10-26-16)6-13(14)9-22-18(23)17(27-19(22)24)5-11-1-3-12(8-21)4-2-11/h1-7H,9-10H2/b17-5+. The van der Waals surface area contributed by atoms with Gasteiger partial charge < -0.3 is 9.47 Å². The number of hydrogen-bond donors (Lipinski definition) is 0. The second kappa shape index (κ2) is 6.99. The van der Waals surface area contributed by atoms with Crippen LogP contribution in [0.5, 0.6) is 11.5 Å². The Kier molecular flexibility index (Phi) is 4.52. The number of fused-ring (bicyclic) bond motifs is 1. The van der Waals surface area contributed by atoms with Crippen LogP contribution < -0.4 is 9.47 Å². The van der Waals surface area contributed by atoms with Crippen molar-refractivity contribution in [3.63, 3.8) is 0 Å². The summed E-state index contributed by atoms with van der Waals surface area (Å²) in [5, 5.41) is 8.87. The Hall–Kier alpha value is -2.95. The van der Waals surface area contributed by atoms with E-state index in [0.717, 1.165) is 22.2 Å². The van der Waals surface area contributed by atoms with Crippen LogP contribution in [-0.4, -0.2) is 22.8 Å². The summed E-state index contributed by atoms with van der Waals surface area (Å²) >= 11 is 7.12. The zero-order valence-electron chi connectivity index (χ0n) is 13.8. The molecule has 1 saturated heterocycles. The molecule has 2 amide bonds. The minimum absolute atomic E-state index is 0.0465. The molecule has 0 radical (unpaired) electrons. The Bertz CT molecular complexity index is 1030. The van der Waals surface area contributed by atoms with Crippen molar-refractivity contribution in [2.24, 2.45) is 0 Å². The summed E-state index contributed by atoms with van der Waals surface area (Å²) in [5.41, 5.74) is 1.86. The summed E-state index contributed by atoms with van der Waals surface area (Å²) in [6.45, 7) is 0.162. The minimum atomic E-state index is -0.386. The summed E-state index contributed by atoms with van der Waals surface area (Å²) in [5.74, 6) is 0.691. The number of carbonyl (C=O) groups excluding carboxylic acids is 2. The molecule has 4 rings (SSSR count). The lowest BCUT2D eigenvalue weighted by atomic mass is 10.1. The molecule has 0 aromatic heterocycles. The van der Waals surface area contributed by atoms with Gasteiger partial charge in [-0.15, -0.1) is 0 Å². The summed E-state index contributed by atoms with van der Waals surface area (Å²) in [6, 6.07) is 12.1. The van der Waals surface area contributed by atoms with E-state index in [-0.39, 0.29) is 24.5 Å². The second-order valence-electron chi connectivity index (χ2n) is 5.80. The normalized spacial score (nSPS) is 16.9. The van der Waals surface area contributed by atoms with Gasteiger partial charge in [-0.05, 0) is 47.2 Å². The van der Waals surface area contributed by atoms with E-state index < -0.39 is 0 Å². The van der Waals surface area contributed by atoms with Gasteiger partial charge in [0, 0.05) is 11.1 Å². The second-order valence-corrected chi connectivity index (χ2v) is 7.20. The number of nitrogens with zero attached hydrogens (tertiary/aromatic N) is 2. The summed E-state index contributed by atoms with van der Waals surface area (Å²) in [7, 11) is 0. The van der Waals surface area contributed by atoms with Crippen LogP contribution in [0.15, 0.2) is 41.3 Å². The molecule has 0 spiro atoms. The third kappa shape index (κ3) is 3.37. The van der Waals surface area contributed by atoms with Gasteiger partial charge >= 0.3 is 0 Å². The zero-order chi connectivity index (χ0) is 19.0. The Labute approximate surface area is 163 Å². The monoisotopic (exact) mass is 398 g/mol. The molecule has 0 N–H and O–H groups in total. The van der Waals surface area contributed by atoms with Gasteiger partial charge in [0.1, 0.15) is 0 Å². The van der Waals surface area contributed by atoms with Crippen LogP contribution >= 0.6 is 23.4 Å². The molecule has 1 fully saturated rings. The van der Waals surface area contributed by atoms with E-state index in [9.17, 15) is 9.59 Å². The van der Waals surface area contributed by atoms with Gasteiger partial charge in [-0.2, -0.15) is 5.26 Å². The Morgan fingerprint density at radius 2 is 1.89 bits per heavy atom. The van der Waals surface area contributed by atoms with Crippen molar-refractivity contribution in [1.82, 2.24) is 4.90 Å². The minimum Gasteiger partial charge on any atom is -0.454 e. The fraction of sp³-hybridized carbons (Fsp3) is 0.105. The highest BCUT2D eigenvalue weighted by Gasteiger charge is 2.35. The molecule has 2 aromatic carbocycles. The maximum atomic E-state index is 12.7. The van der Waals surface area contributed by atoms with E-state index in [1.807, 2.05) is 6.07 Å². The molecule has 2 aromatic rings. The molecule has 27 heavy (non-hydrogen) atoms. The van der Waals surface area contributed by atoms with Crippen molar-refractivity contribution in [2.45, 2.75) is 6.54 Å². The largest absolute Gasteiger partial charge is 0.454 e. The number of nitriles is 1. The van der Waals surface area contributed by atoms with Crippen molar-refractivity contribution in [1.29, 1.82) is 5.26 Å². The fourth-order valence-corrected chi connectivity index (χ4v) is 3.74. The van der Waals surface area contributed by atoms with Crippen LogP contribution in [0, 0.1) is 11.3 Å². The van der Waals surface area contributed by atoms with E-state index in [4.69, 9.17) is 26.3 Å². The highest BCUT2D eigenvalue weighted by atomic mass is 35.5. The molecule has 0 bridgehead atoms. The summed E-state index contributed by atoms with van der Waals surface area (Å²) in [6.07, 6.45) is 1.63. The van der Waals surface area contributed by atoms with E-state index >= 15 is 0 Å². The van der Waals surface area contributed by atoms with Crippen molar-refractivity contribution < 1.29 is 19.1 Å². The third-order valence-corrected chi connectivity index (χ3v) is 5.34. The molecule has 0 saturated carbocycles. The molecule has 8 heteroatoms. The van der Waals surface area contributed by atoms with Crippen LogP contribution in [0.2, 0.25) is 5.02 Å². The summed E-state index contributed by atoms with van der Waals surface area (Å²) in [4.78, 5) is 26.4. The lowest BCUT2D eigenvalue weighted by molar-refractivity contribution is -0.123. The topological polar surface area (TPSA) is 79.6 Å². The lowest BCUT2D eigenvalue weighted by Gasteiger charge is -2.14. The van der Waals surface area contributed by atoms with Crippen molar-refractivity contribution >= 4 is 40.6 Å².